The van der Waals surface area contributed by atoms with Gasteiger partial charge < -0.3 is 10.6 Å². The molecule has 0 spiro atoms. The van der Waals surface area contributed by atoms with Gasteiger partial charge in [0.15, 0.2) is 0 Å². The Morgan fingerprint density at radius 2 is 2.06 bits per heavy atom. The van der Waals surface area contributed by atoms with Crippen LogP contribution < -0.4 is 10.6 Å². The lowest BCUT2D eigenvalue weighted by Crippen LogP contribution is -2.34. The highest BCUT2D eigenvalue weighted by Gasteiger charge is 2.20. The normalized spacial score (nSPS) is 16.8. The predicted molar refractivity (Wildman–Crippen MR) is 80.0 cm³/mol. The molecule has 100 valence electrons. The van der Waals surface area contributed by atoms with Gasteiger partial charge in [0.05, 0.1) is 0 Å². The molecule has 0 bridgehead atoms. The van der Waals surface area contributed by atoms with Crippen molar-refractivity contribution in [3.63, 3.8) is 0 Å². The van der Waals surface area contributed by atoms with Crippen molar-refractivity contribution in [2.75, 3.05) is 23.7 Å². The van der Waals surface area contributed by atoms with Crippen LogP contribution in [0, 0.1) is 11.8 Å². The SMILES string of the molecule is CC(C)CC(C)CN1CCCc2c(N)cccc21. The number of hydrogen-bond acceptors (Lipinski definition) is 2. The second-order valence-corrected chi connectivity index (χ2v) is 6.13. The van der Waals surface area contributed by atoms with E-state index >= 15 is 0 Å². The molecule has 0 amide bonds. The van der Waals surface area contributed by atoms with Crippen LogP contribution in [0.2, 0.25) is 0 Å². The van der Waals surface area contributed by atoms with Crippen molar-refractivity contribution in [3.05, 3.63) is 23.8 Å². The number of fused-ring (bicyclic) bond motifs is 1. The van der Waals surface area contributed by atoms with Crippen LogP contribution in [0.4, 0.5) is 11.4 Å². The van der Waals surface area contributed by atoms with Gasteiger partial charge in [-0.05, 0) is 48.8 Å². The maximum absolute atomic E-state index is 6.09. The van der Waals surface area contributed by atoms with Crippen molar-refractivity contribution in [1.82, 2.24) is 0 Å². The zero-order valence-corrected chi connectivity index (χ0v) is 11.9. The summed E-state index contributed by atoms with van der Waals surface area (Å²) in [4.78, 5) is 2.53. The summed E-state index contributed by atoms with van der Waals surface area (Å²) in [6, 6.07) is 6.34. The zero-order valence-electron chi connectivity index (χ0n) is 11.9. The van der Waals surface area contributed by atoms with Gasteiger partial charge in [-0.25, -0.2) is 0 Å². The predicted octanol–water partition coefficient (Wildman–Crippen LogP) is 3.70. The highest BCUT2D eigenvalue weighted by molar-refractivity contribution is 5.66. The Morgan fingerprint density at radius 3 is 2.78 bits per heavy atom. The Kier molecular flexibility index (Phi) is 4.15. The highest BCUT2D eigenvalue weighted by Crippen LogP contribution is 2.32. The third-order valence-electron chi connectivity index (χ3n) is 3.79. The fourth-order valence-corrected chi connectivity index (χ4v) is 3.17. The summed E-state index contributed by atoms with van der Waals surface area (Å²) in [5.41, 5.74) is 9.79. The van der Waals surface area contributed by atoms with E-state index in [0.29, 0.717) is 0 Å². The molecule has 0 aliphatic carbocycles. The molecule has 18 heavy (non-hydrogen) atoms. The molecule has 0 fully saturated rings. The van der Waals surface area contributed by atoms with Gasteiger partial charge in [-0.15, -0.1) is 0 Å². The molecule has 1 aliphatic rings. The van der Waals surface area contributed by atoms with E-state index in [0.717, 1.165) is 30.5 Å². The third kappa shape index (κ3) is 2.98. The van der Waals surface area contributed by atoms with Crippen molar-refractivity contribution >= 4 is 11.4 Å². The zero-order chi connectivity index (χ0) is 13.1. The molecule has 0 saturated carbocycles. The van der Waals surface area contributed by atoms with Gasteiger partial charge in [0.25, 0.3) is 0 Å². The number of nitrogens with two attached hydrogens (primary N) is 1. The molecule has 1 aromatic rings. The lowest BCUT2D eigenvalue weighted by Gasteiger charge is -2.34. The van der Waals surface area contributed by atoms with Crippen LogP contribution in [0.15, 0.2) is 18.2 Å². The van der Waals surface area contributed by atoms with Crippen LogP contribution in [0.3, 0.4) is 0 Å². The van der Waals surface area contributed by atoms with E-state index in [1.807, 2.05) is 6.07 Å². The smallest absolute Gasteiger partial charge is 0.0419 e. The van der Waals surface area contributed by atoms with E-state index in [1.54, 1.807) is 0 Å². The second-order valence-electron chi connectivity index (χ2n) is 6.13. The summed E-state index contributed by atoms with van der Waals surface area (Å²) in [5.74, 6) is 1.53. The van der Waals surface area contributed by atoms with Crippen LogP contribution >= 0.6 is 0 Å². The monoisotopic (exact) mass is 246 g/mol. The molecule has 1 aliphatic heterocycles. The van der Waals surface area contributed by atoms with E-state index in [9.17, 15) is 0 Å². The first-order valence-corrected chi connectivity index (χ1v) is 7.20. The summed E-state index contributed by atoms with van der Waals surface area (Å²) in [6.45, 7) is 9.31. The van der Waals surface area contributed by atoms with Crippen molar-refractivity contribution in [3.8, 4) is 0 Å². The fourth-order valence-electron chi connectivity index (χ4n) is 3.17. The molecular formula is C16H26N2. The summed E-state index contributed by atoms with van der Waals surface area (Å²) in [5, 5.41) is 0. The minimum absolute atomic E-state index is 0.748. The van der Waals surface area contributed by atoms with Crippen LogP contribution in [-0.4, -0.2) is 13.1 Å². The number of nitrogen functional groups attached to an aromatic ring is 1. The molecule has 2 heteroatoms. The fraction of sp³-hybridized carbons (Fsp3) is 0.625. The van der Waals surface area contributed by atoms with Crippen LogP contribution in [0.25, 0.3) is 0 Å². The molecule has 1 heterocycles. The average Bonchev–Trinajstić information content (AvgIpc) is 2.29. The quantitative estimate of drug-likeness (QED) is 0.821. The van der Waals surface area contributed by atoms with Crippen LogP contribution in [-0.2, 0) is 6.42 Å². The largest absolute Gasteiger partial charge is 0.398 e. The maximum atomic E-state index is 6.09. The Balaban J connectivity index is 2.10. The van der Waals surface area contributed by atoms with Gasteiger partial charge in [-0.3, -0.25) is 0 Å². The van der Waals surface area contributed by atoms with E-state index in [-0.39, 0.29) is 0 Å². The number of hydrogen-bond donors (Lipinski definition) is 1. The van der Waals surface area contributed by atoms with Crippen molar-refractivity contribution in [2.24, 2.45) is 11.8 Å². The molecule has 2 N–H and O–H groups in total. The second kappa shape index (κ2) is 5.64. The van der Waals surface area contributed by atoms with E-state index in [4.69, 9.17) is 5.73 Å². The first-order chi connectivity index (χ1) is 8.58. The lowest BCUT2D eigenvalue weighted by molar-refractivity contribution is 0.431. The minimum Gasteiger partial charge on any atom is -0.398 e. The minimum atomic E-state index is 0.748. The number of benzene rings is 1. The number of rotatable bonds is 4. The van der Waals surface area contributed by atoms with Gasteiger partial charge in [0, 0.05) is 24.5 Å². The molecule has 0 radical (unpaired) electrons. The maximum Gasteiger partial charge on any atom is 0.0419 e. The first kappa shape index (κ1) is 13.3. The summed E-state index contributed by atoms with van der Waals surface area (Å²) in [6.07, 6.45) is 3.67. The summed E-state index contributed by atoms with van der Waals surface area (Å²) in [7, 11) is 0. The average molecular weight is 246 g/mol. The molecular weight excluding hydrogens is 220 g/mol. The Morgan fingerprint density at radius 1 is 1.28 bits per heavy atom. The molecule has 1 unspecified atom stereocenters. The molecule has 1 aromatic carbocycles. The Labute approximate surface area is 111 Å². The van der Waals surface area contributed by atoms with E-state index in [1.165, 1.54) is 30.6 Å². The van der Waals surface area contributed by atoms with Gasteiger partial charge in [-0.2, -0.15) is 0 Å². The molecule has 1 atom stereocenters. The van der Waals surface area contributed by atoms with Gasteiger partial charge in [0.1, 0.15) is 0 Å². The number of anilines is 2. The first-order valence-electron chi connectivity index (χ1n) is 7.20. The third-order valence-corrected chi connectivity index (χ3v) is 3.79. The van der Waals surface area contributed by atoms with Gasteiger partial charge >= 0.3 is 0 Å². The molecule has 2 rings (SSSR count). The van der Waals surface area contributed by atoms with Crippen LogP contribution in [0.5, 0.6) is 0 Å². The number of nitrogens with zero attached hydrogens (tertiary/aromatic N) is 1. The van der Waals surface area contributed by atoms with Gasteiger partial charge in [-0.1, -0.05) is 26.8 Å². The Bertz CT molecular complexity index is 398. The van der Waals surface area contributed by atoms with E-state index in [2.05, 4.69) is 37.8 Å². The van der Waals surface area contributed by atoms with Crippen molar-refractivity contribution < 1.29 is 0 Å². The van der Waals surface area contributed by atoms with E-state index < -0.39 is 0 Å². The highest BCUT2D eigenvalue weighted by atomic mass is 15.1. The molecule has 0 saturated heterocycles. The van der Waals surface area contributed by atoms with Crippen molar-refractivity contribution in [2.45, 2.75) is 40.0 Å². The molecule has 2 nitrogen and oxygen atoms in total. The van der Waals surface area contributed by atoms with Gasteiger partial charge in [0.2, 0.25) is 0 Å². The van der Waals surface area contributed by atoms with Crippen molar-refractivity contribution in [1.29, 1.82) is 0 Å². The van der Waals surface area contributed by atoms with Crippen LogP contribution in [0.1, 0.15) is 39.2 Å². The lowest BCUT2D eigenvalue weighted by atomic mass is 9.95. The summed E-state index contributed by atoms with van der Waals surface area (Å²) < 4.78 is 0. The Hall–Kier alpha value is -1.18. The standard InChI is InChI=1S/C16H26N2/c1-12(2)10-13(3)11-18-9-5-6-14-15(17)7-4-8-16(14)18/h4,7-8,12-13H,5-6,9-11,17H2,1-3H3. The topological polar surface area (TPSA) is 29.3 Å². The summed E-state index contributed by atoms with van der Waals surface area (Å²) >= 11 is 0. The molecule has 0 aromatic heterocycles.